The average Bonchev–Trinajstić information content (AvgIpc) is 2.56. The maximum Gasteiger partial charge on any atom is 0.284 e. The van der Waals surface area contributed by atoms with Gasteiger partial charge in [0, 0.05) is 10.9 Å². The molecule has 1 aromatic heterocycles. The maximum atomic E-state index is 11.0. The summed E-state index contributed by atoms with van der Waals surface area (Å²) in [5, 5.41) is 9.48. The van der Waals surface area contributed by atoms with Crippen LogP contribution in [-0.2, 0) is 0 Å². The fourth-order valence-corrected chi connectivity index (χ4v) is 1.53. The number of amides is 1. The number of nitrogens with two attached hydrogens (primary N) is 1. The molecule has 74 valence electrons. The Labute approximate surface area is 85.9 Å². The minimum absolute atomic E-state index is 0.153. The van der Waals surface area contributed by atoms with E-state index >= 15 is 0 Å². The van der Waals surface area contributed by atoms with Crippen molar-refractivity contribution in [3.8, 4) is 6.07 Å². The van der Waals surface area contributed by atoms with Gasteiger partial charge in [0.05, 0.1) is 11.6 Å². The first kappa shape index (κ1) is 9.28. The molecule has 4 nitrogen and oxygen atoms in total. The van der Waals surface area contributed by atoms with Crippen molar-refractivity contribution in [2.75, 3.05) is 0 Å². The van der Waals surface area contributed by atoms with E-state index in [0.29, 0.717) is 16.7 Å². The van der Waals surface area contributed by atoms with Crippen molar-refractivity contribution in [3.05, 3.63) is 35.1 Å². The zero-order valence-electron chi connectivity index (χ0n) is 8.07. The van der Waals surface area contributed by atoms with Crippen LogP contribution in [0.4, 0.5) is 0 Å². The number of furan rings is 1. The van der Waals surface area contributed by atoms with Gasteiger partial charge in [0.15, 0.2) is 5.76 Å². The number of aryl methyl sites for hydroxylation is 1. The Morgan fingerprint density at radius 1 is 1.53 bits per heavy atom. The van der Waals surface area contributed by atoms with Gasteiger partial charge in [-0.1, -0.05) is 0 Å². The van der Waals surface area contributed by atoms with E-state index in [-0.39, 0.29) is 5.76 Å². The lowest BCUT2D eigenvalue weighted by atomic mass is 10.1. The SMILES string of the molecule is Cc1c(C(N)=O)oc2ccc(C#N)cc12. The number of hydrogen-bond acceptors (Lipinski definition) is 3. The van der Waals surface area contributed by atoms with E-state index in [9.17, 15) is 4.79 Å². The molecule has 1 aromatic carbocycles. The van der Waals surface area contributed by atoms with Gasteiger partial charge in [-0.15, -0.1) is 0 Å². The molecule has 4 heteroatoms. The second-order valence-electron chi connectivity index (χ2n) is 3.24. The van der Waals surface area contributed by atoms with Gasteiger partial charge in [-0.3, -0.25) is 4.79 Å². The first-order valence-electron chi connectivity index (χ1n) is 4.36. The topological polar surface area (TPSA) is 80.0 Å². The van der Waals surface area contributed by atoms with E-state index in [0.717, 1.165) is 5.39 Å². The van der Waals surface area contributed by atoms with Gasteiger partial charge < -0.3 is 10.2 Å². The number of fused-ring (bicyclic) bond motifs is 1. The van der Waals surface area contributed by atoms with Gasteiger partial charge in [-0.25, -0.2) is 0 Å². The molecule has 2 N–H and O–H groups in total. The van der Waals surface area contributed by atoms with Gasteiger partial charge in [0.1, 0.15) is 5.58 Å². The number of rotatable bonds is 1. The van der Waals surface area contributed by atoms with Crippen LogP contribution in [-0.4, -0.2) is 5.91 Å². The molecule has 0 aliphatic carbocycles. The van der Waals surface area contributed by atoms with Crippen LogP contribution in [0.5, 0.6) is 0 Å². The average molecular weight is 200 g/mol. The Bertz CT molecular complexity index is 590. The van der Waals surface area contributed by atoms with Crippen molar-refractivity contribution in [1.82, 2.24) is 0 Å². The van der Waals surface area contributed by atoms with Gasteiger partial charge >= 0.3 is 0 Å². The Kier molecular flexibility index (Phi) is 1.94. The molecule has 2 aromatic rings. The molecule has 15 heavy (non-hydrogen) atoms. The lowest BCUT2D eigenvalue weighted by Crippen LogP contribution is -2.10. The summed E-state index contributed by atoms with van der Waals surface area (Å²) in [6.07, 6.45) is 0. The summed E-state index contributed by atoms with van der Waals surface area (Å²) < 4.78 is 5.28. The van der Waals surface area contributed by atoms with E-state index in [1.165, 1.54) is 0 Å². The number of carbonyl (C=O) groups excluding carboxylic acids is 1. The summed E-state index contributed by atoms with van der Waals surface area (Å²) in [7, 11) is 0. The lowest BCUT2D eigenvalue weighted by molar-refractivity contribution is 0.0975. The van der Waals surface area contributed by atoms with Gasteiger partial charge in [-0.05, 0) is 25.1 Å². The second kappa shape index (κ2) is 3.14. The molecule has 0 fully saturated rings. The van der Waals surface area contributed by atoms with Crippen LogP contribution in [0.1, 0.15) is 21.7 Å². The predicted molar refractivity (Wildman–Crippen MR) is 54.2 cm³/mol. The summed E-state index contributed by atoms with van der Waals surface area (Å²) in [5.41, 5.74) is 6.93. The van der Waals surface area contributed by atoms with Crippen LogP contribution in [0.2, 0.25) is 0 Å². The van der Waals surface area contributed by atoms with E-state index in [4.69, 9.17) is 15.4 Å². The van der Waals surface area contributed by atoms with Crippen molar-refractivity contribution in [2.24, 2.45) is 5.73 Å². The lowest BCUT2D eigenvalue weighted by Gasteiger charge is -1.90. The van der Waals surface area contributed by atoms with Crippen molar-refractivity contribution in [3.63, 3.8) is 0 Å². The van der Waals surface area contributed by atoms with Crippen LogP contribution in [0, 0.1) is 18.3 Å². The Morgan fingerprint density at radius 3 is 2.87 bits per heavy atom. The van der Waals surface area contributed by atoms with E-state index in [1.807, 2.05) is 6.07 Å². The second-order valence-corrected chi connectivity index (χ2v) is 3.24. The molecule has 0 unspecified atom stereocenters. The van der Waals surface area contributed by atoms with Crippen molar-refractivity contribution in [2.45, 2.75) is 6.92 Å². The zero-order chi connectivity index (χ0) is 11.0. The number of hydrogen-bond donors (Lipinski definition) is 1. The highest BCUT2D eigenvalue weighted by atomic mass is 16.3. The Hall–Kier alpha value is -2.28. The highest BCUT2D eigenvalue weighted by Crippen LogP contribution is 2.25. The molecule has 0 aliphatic heterocycles. The number of benzene rings is 1. The van der Waals surface area contributed by atoms with E-state index < -0.39 is 5.91 Å². The number of primary amides is 1. The highest BCUT2D eigenvalue weighted by Gasteiger charge is 2.14. The van der Waals surface area contributed by atoms with Crippen LogP contribution in [0.25, 0.3) is 11.0 Å². The number of nitrogens with zero attached hydrogens (tertiary/aromatic N) is 1. The van der Waals surface area contributed by atoms with Crippen LogP contribution < -0.4 is 5.73 Å². The monoisotopic (exact) mass is 200 g/mol. The number of nitriles is 1. The molecule has 0 spiro atoms. The summed E-state index contributed by atoms with van der Waals surface area (Å²) in [5.74, 6) is -0.442. The fraction of sp³-hybridized carbons (Fsp3) is 0.0909. The van der Waals surface area contributed by atoms with Gasteiger partial charge in [0.2, 0.25) is 0 Å². The molecule has 0 atom stereocenters. The Morgan fingerprint density at radius 2 is 2.27 bits per heavy atom. The standard InChI is InChI=1S/C11H8N2O2/c1-6-8-4-7(5-12)2-3-9(8)15-10(6)11(13)14/h2-4H,1H3,(H2,13,14). The summed E-state index contributed by atoms with van der Waals surface area (Å²) in [4.78, 5) is 11.0. The predicted octanol–water partition coefficient (Wildman–Crippen LogP) is 1.71. The molecule has 1 heterocycles. The fourth-order valence-electron chi connectivity index (χ4n) is 1.53. The largest absolute Gasteiger partial charge is 0.451 e. The van der Waals surface area contributed by atoms with Crippen LogP contribution in [0.3, 0.4) is 0 Å². The smallest absolute Gasteiger partial charge is 0.284 e. The number of carbonyl (C=O) groups is 1. The van der Waals surface area contributed by atoms with E-state index in [2.05, 4.69) is 0 Å². The normalized spacial score (nSPS) is 10.1. The molecule has 0 saturated heterocycles. The molecule has 0 saturated carbocycles. The van der Waals surface area contributed by atoms with E-state index in [1.54, 1.807) is 25.1 Å². The molecule has 0 radical (unpaired) electrons. The maximum absolute atomic E-state index is 11.0. The van der Waals surface area contributed by atoms with Crippen LogP contribution in [0.15, 0.2) is 22.6 Å². The third-order valence-electron chi connectivity index (χ3n) is 2.29. The molecular weight excluding hydrogens is 192 g/mol. The third-order valence-corrected chi connectivity index (χ3v) is 2.29. The first-order valence-corrected chi connectivity index (χ1v) is 4.36. The van der Waals surface area contributed by atoms with Crippen molar-refractivity contribution in [1.29, 1.82) is 5.26 Å². The van der Waals surface area contributed by atoms with Gasteiger partial charge in [0.25, 0.3) is 5.91 Å². The summed E-state index contributed by atoms with van der Waals surface area (Å²) in [6, 6.07) is 7.00. The molecular formula is C11H8N2O2. The summed E-state index contributed by atoms with van der Waals surface area (Å²) in [6.45, 7) is 1.74. The zero-order valence-corrected chi connectivity index (χ0v) is 8.07. The third kappa shape index (κ3) is 1.34. The first-order chi connectivity index (χ1) is 7.13. The van der Waals surface area contributed by atoms with Crippen molar-refractivity contribution < 1.29 is 9.21 Å². The van der Waals surface area contributed by atoms with Gasteiger partial charge in [-0.2, -0.15) is 5.26 Å². The summed E-state index contributed by atoms with van der Waals surface area (Å²) >= 11 is 0. The minimum Gasteiger partial charge on any atom is -0.451 e. The van der Waals surface area contributed by atoms with Crippen LogP contribution >= 0.6 is 0 Å². The molecule has 0 aliphatic rings. The van der Waals surface area contributed by atoms with Crippen molar-refractivity contribution >= 4 is 16.9 Å². The molecule has 1 amide bonds. The highest BCUT2D eigenvalue weighted by molar-refractivity contribution is 5.98. The molecule has 0 bridgehead atoms. The minimum atomic E-state index is -0.595. The Balaban J connectivity index is 2.79. The quantitative estimate of drug-likeness (QED) is 0.760. The molecule has 2 rings (SSSR count).